The van der Waals surface area contributed by atoms with Crippen molar-refractivity contribution < 1.29 is 22.3 Å². The lowest BCUT2D eigenvalue weighted by Crippen LogP contribution is -2.18. The molecule has 0 saturated carbocycles. The standard InChI is InChI=1S/C23H21BrN2O5S3/c24-21-10-16(6-9-20(21)22-12-23(27)26-34(22,30)31)14-32-13-15-4-7-17(8-5-15)18-2-1-3-19(11-18)33(25,28)29/h1-12,30-31H,13-14H2,(H,26,27)(H2,25,28,29). The van der Waals surface area contributed by atoms with Crippen LogP contribution in [-0.4, -0.2) is 23.4 Å². The normalized spacial score (nSPS) is 16.1. The third kappa shape index (κ3) is 5.74. The van der Waals surface area contributed by atoms with Gasteiger partial charge in [-0.05, 0) is 40.5 Å². The molecule has 1 aliphatic heterocycles. The zero-order valence-electron chi connectivity index (χ0n) is 17.6. The first-order valence-corrected chi connectivity index (χ1v) is 15.0. The highest BCUT2D eigenvalue weighted by Gasteiger charge is 2.30. The molecule has 1 amide bonds. The molecular weight excluding hydrogens is 560 g/mol. The van der Waals surface area contributed by atoms with Crippen LogP contribution in [0.1, 0.15) is 16.7 Å². The number of carbonyl (C=O) groups is 1. The first-order valence-electron chi connectivity index (χ1n) is 9.93. The molecule has 7 nitrogen and oxygen atoms in total. The Kier molecular flexibility index (Phi) is 7.25. The molecule has 34 heavy (non-hydrogen) atoms. The molecule has 3 aromatic carbocycles. The number of sulfonamides is 1. The molecule has 0 bridgehead atoms. The summed E-state index contributed by atoms with van der Waals surface area (Å²) in [7, 11) is -7.07. The van der Waals surface area contributed by atoms with Crippen molar-refractivity contribution >= 4 is 59.3 Å². The molecule has 4 rings (SSSR count). The van der Waals surface area contributed by atoms with Crippen LogP contribution in [0.3, 0.4) is 0 Å². The summed E-state index contributed by atoms with van der Waals surface area (Å²) in [6, 6.07) is 20.0. The molecule has 0 radical (unpaired) electrons. The van der Waals surface area contributed by atoms with Crippen LogP contribution >= 0.6 is 38.5 Å². The van der Waals surface area contributed by atoms with E-state index in [-0.39, 0.29) is 9.80 Å². The van der Waals surface area contributed by atoms with Crippen molar-refractivity contribution in [1.29, 1.82) is 0 Å². The second kappa shape index (κ2) is 9.86. The van der Waals surface area contributed by atoms with Gasteiger partial charge in [-0.3, -0.25) is 13.9 Å². The summed E-state index contributed by atoms with van der Waals surface area (Å²) in [4.78, 5) is 11.8. The summed E-state index contributed by atoms with van der Waals surface area (Å²) < 4.78 is 46.1. The van der Waals surface area contributed by atoms with Gasteiger partial charge in [-0.1, -0.05) is 75.2 Å². The van der Waals surface area contributed by atoms with Crippen LogP contribution in [0.2, 0.25) is 0 Å². The molecule has 1 aliphatic rings. The lowest BCUT2D eigenvalue weighted by molar-refractivity contribution is -0.114. The fourth-order valence-electron chi connectivity index (χ4n) is 3.44. The van der Waals surface area contributed by atoms with Crippen LogP contribution in [0, 0.1) is 0 Å². The van der Waals surface area contributed by atoms with Crippen LogP contribution in [-0.2, 0) is 26.3 Å². The van der Waals surface area contributed by atoms with Crippen LogP contribution in [0.4, 0.5) is 0 Å². The van der Waals surface area contributed by atoms with E-state index in [1.165, 1.54) is 12.1 Å². The van der Waals surface area contributed by atoms with E-state index < -0.39 is 26.7 Å². The van der Waals surface area contributed by atoms with E-state index in [1.54, 1.807) is 30.0 Å². The summed E-state index contributed by atoms with van der Waals surface area (Å²) in [6.45, 7) is 0. The fourth-order valence-corrected chi connectivity index (χ4v) is 6.92. The van der Waals surface area contributed by atoms with Crippen molar-refractivity contribution in [2.75, 3.05) is 0 Å². The first-order chi connectivity index (χ1) is 16.0. The zero-order chi connectivity index (χ0) is 24.5. The third-order valence-electron chi connectivity index (χ3n) is 5.10. The molecule has 0 saturated heterocycles. The molecule has 0 spiro atoms. The van der Waals surface area contributed by atoms with Crippen molar-refractivity contribution in [3.05, 3.63) is 94.0 Å². The Bertz CT molecular complexity index is 1390. The second-order valence-corrected chi connectivity index (χ2v) is 12.7. The Balaban J connectivity index is 1.38. The summed E-state index contributed by atoms with van der Waals surface area (Å²) in [5.41, 5.74) is 4.42. The van der Waals surface area contributed by atoms with Gasteiger partial charge in [-0.15, -0.1) is 0 Å². The van der Waals surface area contributed by atoms with E-state index in [4.69, 9.17) is 5.14 Å². The van der Waals surface area contributed by atoms with Gasteiger partial charge in [0, 0.05) is 27.6 Å². The number of amides is 1. The number of halogens is 1. The number of benzene rings is 3. The lowest BCUT2D eigenvalue weighted by atomic mass is 10.0. The van der Waals surface area contributed by atoms with Crippen LogP contribution in [0.5, 0.6) is 0 Å². The van der Waals surface area contributed by atoms with Gasteiger partial charge in [-0.25, -0.2) is 18.3 Å². The summed E-state index contributed by atoms with van der Waals surface area (Å²) in [5.74, 6) is 0.995. The number of rotatable bonds is 7. The monoisotopic (exact) mass is 580 g/mol. The maximum atomic E-state index is 11.6. The fraction of sp³-hybridized carbons (Fsp3) is 0.0870. The zero-order valence-corrected chi connectivity index (χ0v) is 21.7. The minimum atomic E-state index is -3.75. The van der Waals surface area contributed by atoms with Crippen LogP contribution in [0.15, 0.2) is 82.2 Å². The van der Waals surface area contributed by atoms with Gasteiger partial charge in [0.25, 0.3) is 5.91 Å². The Hall–Kier alpha value is -2.12. The molecule has 0 fully saturated rings. The van der Waals surface area contributed by atoms with Gasteiger partial charge in [0.15, 0.2) is 0 Å². The van der Waals surface area contributed by atoms with E-state index in [9.17, 15) is 22.3 Å². The van der Waals surface area contributed by atoms with Gasteiger partial charge >= 0.3 is 0 Å². The summed E-state index contributed by atoms with van der Waals surface area (Å²) in [6.07, 6.45) is 1.21. The molecule has 0 atom stereocenters. The average molecular weight is 582 g/mol. The summed E-state index contributed by atoms with van der Waals surface area (Å²) >= 11 is 5.19. The molecule has 11 heteroatoms. The van der Waals surface area contributed by atoms with Gasteiger partial charge in [0.05, 0.1) is 9.80 Å². The number of hydrogen-bond donors (Lipinski definition) is 4. The van der Waals surface area contributed by atoms with Crippen LogP contribution < -0.4 is 9.86 Å². The minimum absolute atomic E-state index is 0.0824. The number of hydrogen-bond acceptors (Lipinski definition) is 6. The van der Waals surface area contributed by atoms with E-state index in [1.807, 2.05) is 42.5 Å². The SMILES string of the molecule is NS(=O)(=O)c1cccc(-c2ccc(CSCc3ccc(C4=CC(=O)NS4(O)O)c(Br)c3)cc2)c1. The number of nitrogens with two attached hydrogens (primary N) is 1. The first kappa shape index (κ1) is 25.0. The third-order valence-corrected chi connectivity index (χ3v) is 9.18. The lowest BCUT2D eigenvalue weighted by Gasteiger charge is -2.29. The van der Waals surface area contributed by atoms with Crippen molar-refractivity contribution in [1.82, 2.24) is 4.72 Å². The van der Waals surface area contributed by atoms with Crippen molar-refractivity contribution in [2.24, 2.45) is 5.14 Å². The largest absolute Gasteiger partial charge is 0.278 e. The second-order valence-electron chi connectivity index (χ2n) is 7.60. The predicted molar refractivity (Wildman–Crippen MR) is 141 cm³/mol. The number of carbonyl (C=O) groups excluding carboxylic acids is 1. The molecule has 1 heterocycles. The van der Waals surface area contributed by atoms with Gasteiger partial charge in [-0.2, -0.15) is 11.8 Å². The van der Waals surface area contributed by atoms with E-state index in [0.717, 1.165) is 33.8 Å². The Labute approximate surface area is 212 Å². The number of nitrogens with one attached hydrogen (secondary N) is 1. The smallest absolute Gasteiger partial charge is 0.264 e. The Morgan fingerprint density at radius 1 is 0.941 bits per heavy atom. The van der Waals surface area contributed by atoms with Crippen LogP contribution in [0.25, 0.3) is 16.0 Å². The average Bonchev–Trinajstić information content (AvgIpc) is 3.05. The van der Waals surface area contributed by atoms with Crippen molar-refractivity contribution in [3.63, 3.8) is 0 Å². The van der Waals surface area contributed by atoms with Gasteiger partial charge < -0.3 is 0 Å². The number of primary sulfonamides is 1. The molecular formula is C23H21BrN2O5S3. The highest BCUT2D eigenvalue weighted by molar-refractivity contribution is 9.10. The molecule has 178 valence electrons. The highest BCUT2D eigenvalue weighted by atomic mass is 79.9. The maximum absolute atomic E-state index is 11.6. The molecule has 0 aliphatic carbocycles. The van der Waals surface area contributed by atoms with E-state index >= 15 is 0 Å². The topological polar surface area (TPSA) is 130 Å². The minimum Gasteiger partial charge on any atom is -0.278 e. The van der Waals surface area contributed by atoms with E-state index in [2.05, 4.69) is 20.7 Å². The summed E-state index contributed by atoms with van der Waals surface area (Å²) in [5, 5.41) is 5.22. The highest BCUT2D eigenvalue weighted by Crippen LogP contribution is 2.53. The molecule has 0 unspecified atom stereocenters. The Morgan fingerprint density at radius 2 is 1.62 bits per heavy atom. The van der Waals surface area contributed by atoms with E-state index in [0.29, 0.717) is 10.0 Å². The van der Waals surface area contributed by atoms with Crippen molar-refractivity contribution in [3.8, 4) is 11.1 Å². The van der Waals surface area contributed by atoms with Crippen molar-refractivity contribution in [2.45, 2.75) is 16.4 Å². The van der Waals surface area contributed by atoms with Gasteiger partial charge in [0.2, 0.25) is 10.0 Å². The molecule has 0 aromatic heterocycles. The van der Waals surface area contributed by atoms with Gasteiger partial charge in [0.1, 0.15) is 0 Å². The molecule has 5 N–H and O–H groups in total. The quantitative estimate of drug-likeness (QED) is 0.298. The predicted octanol–water partition coefficient (Wildman–Crippen LogP) is 5.33. The molecule has 3 aromatic rings. The Morgan fingerprint density at radius 3 is 2.24 bits per heavy atom. The maximum Gasteiger partial charge on any atom is 0.264 e. The number of thioether (sulfide) groups is 1.